The second-order valence-corrected chi connectivity index (χ2v) is 8.77. The van der Waals surface area contributed by atoms with Gasteiger partial charge in [0.15, 0.2) is 5.69 Å². The van der Waals surface area contributed by atoms with Crippen LogP contribution in [0.3, 0.4) is 0 Å². The van der Waals surface area contributed by atoms with E-state index in [1.54, 1.807) is 12.1 Å². The SMILES string of the molecule is CCc1nc(C(=O)NCC2CCC(C)CC2)c(Cl)n1-c1ccc(Br)cc1F.O=S=O. The Morgan fingerprint density at radius 1 is 1.33 bits per heavy atom. The van der Waals surface area contributed by atoms with Crippen molar-refractivity contribution >= 4 is 45.0 Å². The van der Waals surface area contributed by atoms with Crippen LogP contribution in [-0.4, -0.2) is 30.4 Å². The van der Waals surface area contributed by atoms with Gasteiger partial charge in [0.05, 0.1) is 5.69 Å². The van der Waals surface area contributed by atoms with Gasteiger partial charge in [-0.3, -0.25) is 9.36 Å². The second kappa shape index (κ2) is 11.7. The van der Waals surface area contributed by atoms with E-state index in [0.717, 1.165) is 18.8 Å². The van der Waals surface area contributed by atoms with E-state index in [1.165, 1.54) is 23.5 Å². The number of hydrogen-bond donors (Lipinski definition) is 1. The summed E-state index contributed by atoms with van der Waals surface area (Å²) in [6, 6.07) is 4.73. The monoisotopic (exact) mass is 519 g/mol. The molecule has 1 aromatic heterocycles. The molecule has 1 amide bonds. The van der Waals surface area contributed by atoms with E-state index in [-0.39, 0.29) is 22.4 Å². The molecule has 30 heavy (non-hydrogen) atoms. The zero-order chi connectivity index (χ0) is 22.3. The first-order valence-electron chi connectivity index (χ1n) is 9.74. The van der Waals surface area contributed by atoms with Crippen molar-refractivity contribution in [2.24, 2.45) is 11.8 Å². The van der Waals surface area contributed by atoms with Crippen LogP contribution in [-0.2, 0) is 18.0 Å². The van der Waals surface area contributed by atoms with E-state index >= 15 is 0 Å². The average Bonchev–Trinajstić information content (AvgIpc) is 3.04. The summed E-state index contributed by atoms with van der Waals surface area (Å²) in [5, 5.41) is 3.11. The van der Waals surface area contributed by atoms with Gasteiger partial charge >= 0.3 is 11.6 Å². The number of imidazole rings is 1. The van der Waals surface area contributed by atoms with E-state index < -0.39 is 17.4 Å². The third-order valence-electron chi connectivity index (χ3n) is 5.26. The Balaban J connectivity index is 0.00000101. The number of amides is 1. The Morgan fingerprint density at radius 3 is 2.53 bits per heavy atom. The van der Waals surface area contributed by atoms with Gasteiger partial charge < -0.3 is 5.32 Å². The lowest BCUT2D eigenvalue weighted by Crippen LogP contribution is -2.31. The van der Waals surface area contributed by atoms with Gasteiger partial charge in [0.1, 0.15) is 16.8 Å². The summed E-state index contributed by atoms with van der Waals surface area (Å²) in [7, 11) is 0. The maximum atomic E-state index is 14.4. The van der Waals surface area contributed by atoms with Gasteiger partial charge in [0.2, 0.25) is 0 Å². The van der Waals surface area contributed by atoms with Crippen LogP contribution in [0.4, 0.5) is 4.39 Å². The lowest BCUT2D eigenvalue weighted by atomic mass is 9.83. The zero-order valence-corrected chi connectivity index (χ0v) is 19.9. The molecule has 1 aliphatic carbocycles. The number of aryl methyl sites for hydroxylation is 1. The van der Waals surface area contributed by atoms with Crippen LogP contribution in [0.1, 0.15) is 55.8 Å². The molecule has 10 heteroatoms. The molecule has 2 aromatic rings. The summed E-state index contributed by atoms with van der Waals surface area (Å²) in [5.74, 6) is 1.10. The first-order valence-corrected chi connectivity index (χ1v) is 11.6. The number of nitrogens with zero attached hydrogens (tertiary/aromatic N) is 2. The molecule has 3 rings (SSSR count). The van der Waals surface area contributed by atoms with Crippen LogP contribution in [0.15, 0.2) is 22.7 Å². The number of rotatable bonds is 5. The normalized spacial score (nSPS) is 18.3. The van der Waals surface area contributed by atoms with Crippen molar-refractivity contribution < 1.29 is 17.6 Å². The summed E-state index contributed by atoms with van der Waals surface area (Å²) in [6.45, 7) is 4.80. The summed E-state index contributed by atoms with van der Waals surface area (Å²) >= 11 is 8.95. The van der Waals surface area contributed by atoms with Crippen molar-refractivity contribution in [3.05, 3.63) is 45.2 Å². The molecule has 1 aromatic carbocycles. The molecule has 0 aliphatic heterocycles. The molecule has 0 bridgehead atoms. The van der Waals surface area contributed by atoms with E-state index in [1.807, 2.05) is 6.92 Å². The lowest BCUT2D eigenvalue weighted by Gasteiger charge is -2.26. The molecular weight excluding hydrogens is 497 g/mol. The lowest BCUT2D eigenvalue weighted by molar-refractivity contribution is 0.0937. The molecule has 0 atom stereocenters. The molecule has 1 saturated carbocycles. The third kappa shape index (κ3) is 6.21. The minimum absolute atomic E-state index is 0.142. The first-order chi connectivity index (χ1) is 14.3. The topological polar surface area (TPSA) is 81.1 Å². The Morgan fingerprint density at radius 2 is 1.97 bits per heavy atom. The maximum Gasteiger partial charge on any atom is 0.335 e. The highest BCUT2D eigenvalue weighted by Gasteiger charge is 2.24. The molecule has 1 N–H and O–H groups in total. The fourth-order valence-corrected chi connectivity index (χ4v) is 4.24. The Labute approximate surface area is 192 Å². The van der Waals surface area contributed by atoms with Crippen LogP contribution >= 0.6 is 27.5 Å². The molecule has 1 heterocycles. The molecule has 0 saturated heterocycles. The van der Waals surface area contributed by atoms with Gasteiger partial charge in [-0.25, -0.2) is 9.37 Å². The van der Waals surface area contributed by atoms with Crippen molar-refractivity contribution in [2.75, 3.05) is 6.54 Å². The number of benzene rings is 1. The van der Waals surface area contributed by atoms with Crippen LogP contribution in [0.25, 0.3) is 5.69 Å². The van der Waals surface area contributed by atoms with Crippen molar-refractivity contribution in [3.8, 4) is 5.69 Å². The quantitative estimate of drug-likeness (QED) is 0.609. The van der Waals surface area contributed by atoms with Crippen molar-refractivity contribution in [1.82, 2.24) is 14.9 Å². The van der Waals surface area contributed by atoms with Crippen molar-refractivity contribution in [3.63, 3.8) is 0 Å². The van der Waals surface area contributed by atoms with E-state index in [9.17, 15) is 9.18 Å². The third-order valence-corrected chi connectivity index (χ3v) is 6.10. The molecular formula is C20H24BrClFN3O3S. The number of carbonyl (C=O) groups is 1. The number of hydrogen-bond acceptors (Lipinski definition) is 4. The highest BCUT2D eigenvalue weighted by Crippen LogP contribution is 2.29. The minimum Gasteiger partial charge on any atom is -0.350 e. The fourth-order valence-electron chi connectivity index (χ4n) is 3.59. The predicted molar refractivity (Wildman–Crippen MR) is 118 cm³/mol. The van der Waals surface area contributed by atoms with Crippen molar-refractivity contribution in [1.29, 1.82) is 0 Å². The van der Waals surface area contributed by atoms with Gasteiger partial charge in [-0.2, -0.15) is 8.42 Å². The van der Waals surface area contributed by atoms with Crippen LogP contribution < -0.4 is 5.32 Å². The van der Waals surface area contributed by atoms with Crippen LogP contribution in [0.5, 0.6) is 0 Å². The van der Waals surface area contributed by atoms with Gasteiger partial charge in [-0.15, -0.1) is 0 Å². The highest BCUT2D eigenvalue weighted by atomic mass is 79.9. The summed E-state index contributed by atoms with van der Waals surface area (Å²) in [4.78, 5) is 17.0. The van der Waals surface area contributed by atoms with Crippen LogP contribution in [0, 0.1) is 17.7 Å². The number of nitrogens with one attached hydrogen (secondary N) is 1. The van der Waals surface area contributed by atoms with E-state index in [0.29, 0.717) is 29.2 Å². The molecule has 1 fully saturated rings. The van der Waals surface area contributed by atoms with Gasteiger partial charge in [0.25, 0.3) is 5.91 Å². The molecule has 0 spiro atoms. The Kier molecular flexibility index (Phi) is 9.64. The Bertz CT molecular complexity index is 926. The first kappa shape index (κ1) is 24.7. The van der Waals surface area contributed by atoms with Gasteiger partial charge in [-0.05, 0) is 42.9 Å². The molecule has 6 nitrogen and oxygen atoms in total. The Hall–Kier alpha value is -1.58. The summed E-state index contributed by atoms with van der Waals surface area (Å²) < 4.78 is 33.2. The highest BCUT2D eigenvalue weighted by molar-refractivity contribution is 9.10. The minimum atomic E-state index is -0.750. The molecule has 0 radical (unpaired) electrons. The molecule has 1 aliphatic rings. The molecule has 164 valence electrons. The molecule has 0 unspecified atom stereocenters. The summed E-state index contributed by atoms with van der Waals surface area (Å²) in [5.41, 5.74) is 0.438. The zero-order valence-electron chi connectivity index (χ0n) is 16.8. The summed E-state index contributed by atoms with van der Waals surface area (Å²) in [6.07, 6.45) is 5.21. The smallest absolute Gasteiger partial charge is 0.335 e. The van der Waals surface area contributed by atoms with E-state index in [4.69, 9.17) is 20.0 Å². The van der Waals surface area contributed by atoms with Crippen molar-refractivity contribution in [2.45, 2.75) is 46.0 Å². The number of aromatic nitrogens is 2. The second-order valence-electron chi connectivity index (χ2n) is 7.36. The number of carbonyl (C=O) groups excluding carboxylic acids is 1. The fraction of sp³-hybridized carbons (Fsp3) is 0.500. The van der Waals surface area contributed by atoms with Gasteiger partial charge in [-0.1, -0.05) is 54.2 Å². The predicted octanol–water partition coefficient (Wildman–Crippen LogP) is 4.88. The maximum absolute atomic E-state index is 14.4. The van der Waals surface area contributed by atoms with E-state index in [2.05, 4.69) is 33.2 Å². The average molecular weight is 521 g/mol. The van der Waals surface area contributed by atoms with Crippen LogP contribution in [0.2, 0.25) is 5.15 Å². The standard InChI is InChI=1S/C20H24BrClFN3O.O2S/c1-3-17-25-18(20(27)24-11-13-6-4-12(2)5-7-13)19(22)26(17)16-9-8-14(21)10-15(16)23;1-3-2/h8-10,12-13H,3-7,11H2,1-2H3,(H,24,27);. The van der Waals surface area contributed by atoms with Gasteiger partial charge in [0, 0.05) is 17.4 Å². The largest absolute Gasteiger partial charge is 0.350 e. The number of halogens is 3.